The lowest BCUT2D eigenvalue weighted by atomic mass is 10.0. The molecule has 0 aliphatic carbocycles. The smallest absolute Gasteiger partial charge is 0.263 e. The third kappa shape index (κ3) is 3.98. The van der Waals surface area contributed by atoms with Gasteiger partial charge in [0.25, 0.3) is 5.91 Å². The van der Waals surface area contributed by atoms with Crippen molar-refractivity contribution in [2.45, 2.75) is 32.4 Å². The van der Waals surface area contributed by atoms with Gasteiger partial charge in [-0.15, -0.1) is 11.3 Å². The summed E-state index contributed by atoms with van der Waals surface area (Å²) >= 11 is 1.66. The minimum absolute atomic E-state index is 0.0928. The molecule has 7 heteroatoms. The van der Waals surface area contributed by atoms with Gasteiger partial charge in [0.2, 0.25) is 0 Å². The van der Waals surface area contributed by atoms with Crippen molar-refractivity contribution in [3.8, 4) is 11.5 Å². The van der Waals surface area contributed by atoms with Gasteiger partial charge in [-0.3, -0.25) is 4.79 Å². The summed E-state index contributed by atoms with van der Waals surface area (Å²) in [6.45, 7) is 4.61. The average molecular weight is 383 g/mol. The first kappa shape index (κ1) is 17.6. The summed E-state index contributed by atoms with van der Waals surface area (Å²) in [4.78, 5) is 13.5. The van der Waals surface area contributed by atoms with Crippen LogP contribution in [-0.2, 0) is 17.8 Å². The van der Waals surface area contributed by atoms with Gasteiger partial charge in [-0.1, -0.05) is 18.2 Å². The Bertz CT molecular complexity index is 947. The Hall–Kier alpha value is -2.80. The molecular weight excluding hydrogens is 362 g/mol. The molecule has 0 saturated carbocycles. The van der Waals surface area contributed by atoms with Crippen molar-refractivity contribution >= 4 is 23.1 Å². The molecule has 140 valence electrons. The van der Waals surface area contributed by atoms with E-state index in [2.05, 4.69) is 10.4 Å². The maximum absolute atomic E-state index is 12.4. The van der Waals surface area contributed by atoms with E-state index in [1.54, 1.807) is 28.3 Å². The molecule has 3 aromatic rings. The van der Waals surface area contributed by atoms with Crippen LogP contribution in [0.1, 0.15) is 24.3 Å². The van der Waals surface area contributed by atoms with Gasteiger partial charge in [0.1, 0.15) is 11.4 Å². The second kappa shape index (κ2) is 7.08. The van der Waals surface area contributed by atoms with Crippen molar-refractivity contribution < 1.29 is 14.3 Å². The number of fused-ring (bicyclic) bond motifs is 1. The molecule has 0 fully saturated rings. The number of amides is 1. The molecule has 1 amide bonds. The number of carbonyl (C=O) groups excluding carboxylic acids is 1. The van der Waals surface area contributed by atoms with Gasteiger partial charge in [0.15, 0.2) is 18.1 Å². The molecule has 4 rings (SSSR count). The highest BCUT2D eigenvalue weighted by Gasteiger charge is 2.32. The number of hydrogen-bond donors (Lipinski definition) is 1. The van der Waals surface area contributed by atoms with Crippen molar-refractivity contribution in [2.24, 2.45) is 0 Å². The van der Waals surface area contributed by atoms with E-state index in [-0.39, 0.29) is 18.1 Å². The van der Waals surface area contributed by atoms with Crippen molar-refractivity contribution in [3.63, 3.8) is 0 Å². The highest BCUT2D eigenvalue weighted by molar-refractivity contribution is 7.09. The summed E-state index contributed by atoms with van der Waals surface area (Å²) in [5.74, 6) is 1.74. The number of hydrogen-bond acceptors (Lipinski definition) is 5. The lowest BCUT2D eigenvalue weighted by molar-refractivity contribution is -0.118. The van der Waals surface area contributed by atoms with E-state index >= 15 is 0 Å². The molecule has 0 unspecified atom stereocenters. The van der Waals surface area contributed by atoms with Crippen molar-refractivity contribution in [3.05, 3.63) is 58.4 Å². The molecule has 0 saturated heterocycles. The van der Waals surface area contributed by atoms with Crippen LogP contribution in [0.5, 0.6) is 11.5 Å². The van der Waals surface area contributed by atoms with Gasteiger partial charge in [0.05, 0.1) is 12.7 Å². The lowest BCUT2D eigenvalue weighted by Gasteiger charge is -2.18. The maximum Gasteiger partial charge on any atom is 0.263 e. The first-order valence-corrected chi connectivity index (χ1v) is 9.66. The summed E-state index contributed by atoms with van der Waals surface area (Å²) < 4.78 is 13.5. The SMILES string of the molecule is CC1(C)Cc2cccc(OCC(=O)Nc3ccnn3Cc3cccs3)c2O1. The Balaban J connectivity index is 1.38. The largest absolute Gasteiger partial charge is 0.483 e. The zero-order valence-electron chi connectivity index (χ0n) is 15.3. The Kier molecular flexibility index (Phi) is 4.61. The number of aromatic nitrogens is 2. The first-order chi connectivity index (χ1) is 13.0. The Morgan fingerprint density at radius 1 is 1.33 bits per heavy atom. The average Bonchev–Trinajstić information content (AvgIpc) is 3.33. The van der Waals surface area contributed by atoms with E-state index in [1.807, 2.05) is 49.6 Å². The van der Waals surface area contributed by atoms with Crippen LogP contribution in [0.2, 0.25) is 0 Å². The quantitative estimate of drug-likeness (QED) is 0.704. The summed E-state index contributed by atoms with van der Waals surface area (Å²) in [7, 11) is 0. The zero-order valence-corrected chi connectivity index (χ0v) is 16.1. The van der Waals surface area contributed by atoms with Crippen LogP contribution in [0.25, 0.3) is 0 Å². The van der Waals surface area contributed by atoms with E-state index in [0.717, 1.165) is 17.7 Å². The molecule has 6 nitrogen and oxygen atoms in total. The number of thiophene rings is 1. The minimum Gasteiger partial charge on any atom is -0.483 e. The Labute approximate surface area is 161 Å². The van der Waals surface area contributed by atoms with Gasteiger partial charge in [-0.05, 0) is 31.4 Å². The van der Waals surface area contributed by atoms with Crippen LogP contribution in [0, 0.1) is 0 Å². The topological polar surface area (TPSA) is 65.4 Å². The number of benzene rings is 1. The van der Waals surface area contributed by atoms with Gasteiger partial charge in [-0.2, -0.15) is 5.10 Å². The van der Waals surface area contributed by atoms with Crippen LogP contribution in [0.15, 0.2) is 48.0 Å². The third-order valence-electron chi connectivity index (χ3n) is 4.28. The van der Waals surface area contributed by atoms with Gasteiger partial charge in [0, 0.05) is 22.9 Å². The summed E-state index contributed by atoms with van der Waals surface area (Å²) in [5, 5.41) is 9.15. The number of carbonyl (C=O) groups is 1. The number of nitrogens with one attached hydrogen (secondary N) is 1. The fourth-order valence-electron chi connectivity index (χ4n) is 3.14. The monoisotopic (exact) mass is 383 g/mol. The molecule has 1 N–H and O–H groups in total. The fraction of sp³-hybridized carbons (Fsp3) is 0.300. The summed E-state index contributed by atoms with van der Waals surface area (Å²) in [6.07, 6.45) is 2.50. The normalized spacial score (nSPS) is 14.4. The number of para-hydroxylation sites is 1. The maximum atomic E-state index is 12.4. The highest BCUT2D eigenvalue weighted by atomic mass is 32.1. The number of anilines is 1. The van der Waals surface area contributed by atoms with Crippen LogP contribution in [-0.4, -0.2) is 27.9 Å². The molecule has 0 radical (unpaired) electrons. The highest BCUT2D eigenvalue weighted by Crippen LogP contribution is 2.41. The van der Waals surface area contributed by atoms with Crippen LogP contribution >= 0.6 is 11.3 Å². The number of rotatable bonds is 6. The van der Waals surface area contributed by atoms with Crippen molar-refractivity contribution in [2.75, 3.05) is 11.9 Å². The van der Waals surface area contributed by atoms with Crippen molar-refractivity contribution in [1.82, 2.24) is 9.78 Å². The first-order valence-electron chi connectivity index (χ1n) is 8.78. The van der Waals surface area contributed by atoms with Crippen LogP contribution in [0.3, 0.4) is 0 Å². The second-order valence-electron chi connectivity index (χ2n) is 7.07. The molecule has 0 bridgehead atoms. The Morgan fingerprint density at radius 3 is 3.04 bits per heavy atom. The Morgan fingerprint density at radius 2 is 2.22 bits per heavy atom. The zero-order chi connectivity index (χ0) is 18.9. The second-order valence-corrected chi connectivity index (χ2v) is 8.11. The van der Waals surface area contributed by atoms with E-state index in [0.29, 0.717) is 18.1 Å². The molecule has 27 heavy (non-hydrogen) atoms. The van der Waals surface area contributed by atoms with E-state index in [1.165, 1.54) is 4.88 Å². The van der Waals surface area contributed by atoms with E-state index in [4.69, 9.17) is 9.47 Å². The molecule has 0 spiro atoms. The summed E-state index contributed by atoms with van der Waals surface area (Å²) in [6, 6.07) is 11.6. The molecule has 0 atom stereocenters. The molecular formula is C20H21N3O3S. The lowest BCUT2D eigenvalue weighted by Crippen LogP contribution is -2.25. The van der Waals surface area contributed by atoms with E-state index < -0.39 is 0 Å². The number of nitrogens with zero attached hydrogens (tertiary/aromatic N) is 2. The van der Waals surface area contributed by atoms with Crippen molar-refractivity contribution in [1.29, 1.82) is 0 Å². The molecule has 2 aromatic heterocycles. The molecule has 1 aliphatic rings. The fourth-order valence-corrected chi connectivity index (χ4v) is 3.82. The van der Waals surface area contributed by atoms with Crippen LogP contribution in [0.4, 0.5) is 5.82 Å². The van der Waals surface area contributed by atoms with Crippen LogP contribution < -0.4 is 14.8 Å². The molecule has 3 heterocycles. The van der Waals surface area contributed by atoms with E-state index in [9.17, 15) is 4.79 Å². The third-order valence-corrected chi connectivity index (χ3v) is 5.14. The summed E-state index contributed by atoms with van der Waals surface area (Å²) in [5.41, 5.74) is 0.852. The van der Waals surface area contributed by atoms with Gasteiger partial charge >= 0.3 is 0 Å². The number of ether oxygens (including phenoxy) is 2. The predicted molar refractivity (Wildman–Crippen MR) is 105 cm³/mol. The molecule has 1 aromatic carbocycles. The minimum atomic E-state index is -0.252. The molecule has 1 aliphatic heterocycles. The standard InChI is InChI=1S/C20H21N3O3S/c1-20(2)11-14-5-3-7-16(19(14)26-20)25-13-18(24)22-17-8-9-21-23(17)12-15-6-4-10-27-15/h3-10H,11-13H2,1-2H3,(H,22,24). The predicted octanol–water partition coefficient (Wildman–Crippen LogP) is 3.72. The van der Waals surface area contributed by atoms with Gasteiger partial charge in [-0.25, -0.2) is 4.68 Å². The van der Waals surface area contributed by atoms with Gasteiger partial charge < -0.3 is 14.8 Å².